The van der Waals surface area contributed by atoms with Crippen LogP contribution in [-0.2, 0) is 10.0 Å². The molecule has 3 aromatic heterocycles. The quantitative estimate of drug-likeness (QED) is 0.620. The summed E-state index contributed by atoms with van der Waals surface area (Å²) in [5, 5.41) is 6.19. The number of sulfonamides is 1. The fraction of sp³-hybridized carbons (Fsp3) is 0.455. The number of fused-ring (bicyclic) bond motifs is 1. The summed E-state index contributed by atoms with van der Waals surface area (Å²) in [6.45, 7) is 4.21. The minimum Gasteiger partial charge on any atom is -0.356 e. The van der Waals surface area contributed by atoms with Gasteiger partial charge in [0.05, 0.1) is 17.5 Å². The lowest BCUT2D eigenvalue weighted by Gasteiger charge is -2.40. The first-order chi connectivity index (χ1) is 15.4. The van der Waals surface area contributed by atoms with Crippen molar-refractivity contribution in [3.05, 3.63) is 43.0 Å². The second-order valence-corrected chi connectivity index (χ2v) is 10.6. The topological polar surface area (TPSA) is 118 Å². The van der Waals surface area contributed by atoms with E-state index in [0.29, 0.717) is 12.4 Å². The molecule has 32 heavy (non-hydrogen) atoms. The van der Waals surface area contributed by atoms with E-state index < -0.39 is 10.0 Å². The van der Waals surface area contributed by atoms with Gasteiger partial charge in [-0.3, -0.25) is 9.97 Å². The third kappa shape index (κ3) is 4.43. The molecule has 0 aromatic carbocycles. The predicted octanol–water partition coefficient (Wildman–Crippen LogP) is 1.67. The zero-order chi connectivity index (χ0) is 22.2. The number of primary sulfonamides is 1. The zero-order valence-corrected chi connectivity index (χ0v) is 18.7. The average Bonchev–Trinajstić information content (AvgIpc) is 3.20. The van der Waals surface area contributed by atoms with Crippen LogP contribution in [0.1, 0.15) is 19.3 Å². The molecule has 3 aromatic rings. The largest absolute Gasteiger partial charge is 0.356 e. The van der Waals surface area contributed by atoms with Crippen LogP contribution < -0.4 is 10.0 Å². The molecule has 0 bridgehead atoms. The molecule has 10 heteroatoms. The minimum atomic E-state index is -3.42. The summed E-state index contributed by atoms with van der Waals surface area (Å²) in [5.74, 6) is 1.65. The van der Waals surface area contributed by atoms with Crippen molar-refractivity contribution in [3.63, 3.8) is 0 Å². The Morgan fingerprint density at radius 1 is 0.969 bits per heavy atom. The summed E-state index contributed by atoms with van der Waals surface area (Å²) < 4.78 is 22.6. The summed E-state index contributed by atoms with van der Waals surface area (Å²) in [6.07, 6.45) is 10.3. The number of pyridine rings is 2. The number of rotatable bonds is 5. The summed E-state index contributed by atoms with van der Waals surface area (Å²) in [6, 6.07) is 5.82. The molecule has 2 aliphatic heterocycles. The molecule has 5 rings (SSSR count). The molecule has 0 amide bonds. The number of anilines is 1. The van der Waals surface area contributed by atoms with E-state index in [2.05, 4.69) is 19.8 Å². The van der Waals surface area contributed by atoms with Crippen molar-refractivity contribution >= 4 is 26.7 Å². The van der Waals surface area contributed by atoms with Gasteiger partial charge >= 0.3 is 0 Å². The maximum Gasteiger partial charge on any atom is 0.210 e. The Kier molecular flexibility index (Phi) is 5.52. The lowest BCUT2D eigenvalue weighted by atomic mass is 9.78. The highest BCUT2D eigenvalue weighted by molar-refractivity contribution is 7.89. The lowest BCUT2D eigenvalue weighted by Crippen LogP contribution is -2.42. The highest BCUT2D eigenvalue weighted by Crippen LogP contribution is 2.42. The van der Waals surface area contributed by atoms with Crippen LogP contribution in [0.4, 0.5) is 5.82 Å². The van der Waals surface area contributed by atoms with Gasteiger partial charge in [0.2, 0.25) is 10.0 Å². The van der Waals surface area contributed by atoms with Gasteiger partial charge < -0.3 is 9.80 Å². The maximum atomic E-state index is 11.3. The monoisotopic (exact) mass is 453 g/mol. The minimum absolute atomic E-state index is 0.0218. The highest BCUT2D eigenvalue weighted by Gasteiger charge is 2.41. The molecule has 0 unspecified atom stereocenters. The van der Waals surface area contributed by atoms with Crippen LogP contribution in [0.2, 0.25) is 0 Å². The molecule has 0 atom stereocenters. The Morgan fingerprint density at radius 2 is 1.69 bits per heavy atom. The van der Waals surface area contributed by atoms with E-state index in [4.69, 9.17) is 15.1 Å². The number of hydrogen-bond donors (Lipinski definition) is 1. The number of aromatic nitrogens is 4. The maximum absolute atomic E-state index is 11.3. The summed E-state index contributed by atoms with van der Waals surface area (Å²) >= 11 is 0. The van der Waals surface area contributed by atoms with E-state index >= 15 is 0 Å². The number of likely N-dealkylation sites (tertiary alicyclic amines) is 1. The van der Waals surface area contributed by atoms with E-state index in [9.17, 15) is 8.42 Å². The number of nitrogens with two attached hydrogens (primary N) is 1. The van der Waals surface area contributed by atoms with E-state index in [1.54, 1.807) is 24.8 Å². The van der Waals surface area contributed by atoms with Gasteiger partial charge in [0.25, 0.3) is 0 Å². The van der Waals surface area contributed by atoms with Crippen LogP contribution in [0.3, 0.4) is 0 Å². The van der Waals surface area contributed by atoms with Gasteiger partial charge in [-0.05, 0) is 49.4 Å². The van der Waals surface area contributed by atoms with Crippen LogP contribution in [0.5, 0.6) is 0 Å². The van der Waals surface area contributed by atoms with Gasteiger partial charge in [-0.2, -0.15) is 0 Å². The summed E-state index contributed by atoms with van der Waals surface area (Å²) in [4.78, 5) is 22.6. The van der Waals surface area contributed by atoms with E-state index in [0.717, 1.165) is 67.7 Å². The fourth-order valence-corrected chi connectivity index (χ4v) is 5.42. The van der Waals surface area contributed by atoms with Crippen molar-refractivity contribution in [3.8, 4) is 11.4 Å². The molecule has 2 N–H and O–H groups in total. The van der Waals surface area contributed by atoms with Crippen molar-refractivity contribution < 1.29 is 8.42 Å². The third-order valence-corrected chi connectivity index (χ3v) is 7.50. The normalized spacial score (nSPS) is 19.1. The van der Waals surface area contributed by atoms with Gasteiger partial charge in [0.15, 0.2) is 5.82 Å². The van der Waals surface area contributed by atoms with Gasteiger partial charge in [-0.15, -0.1) is 0 Å². The molecule has 2 aliphatic rings. The Morgan fingerprint density at radius 3 is 2.44 bits per heavy atom. The second kappa shape index (κ2) is 8.34. The SMILES string of the molecule is NS(=O)(=O)CCN1CCC2(CCN(c3nc(-c4ccncc4)nc4cnccc34)CC2)C1. The van der Waals surface area contributed by atoms with E-state index in [1.807, 2.05) is 18.2 Å². The summed E-state index contributed by atoms with van der Waals surface area (Å²) in [7, 11) is -3.42. The Bertz CT molecular complexity index is 1210. The van der Waals surface area contributed by atoms with Crippen LogP contribution in [0.25, 0.3) is 22.3 Å². The van der Waals surface area contributed by atoms with Crippen molar-refractivity contribution in [1.29, 1.82) is 0 Å². The number of piperidine rings is 1. The fourth-order valence-electron chi connectivity index (χ4n) is 4.91. The molecule has 9 nitrogen and oxygen atoms in total. The third-order valence-electron chi connectivity index (χ3n) is 6.75. The number of nitrogens with zero attached hydrogens (tertiary/aromatic N) is 6. The van der Waals surface area contributed by atoms with E-state index in [-0.39, 0.29) is 11.2 Å². The van der Waals surface area contributed by atoms with Gasteiger partial charge in [0, 0.05) is 55.7 Å². The summed E-state index contributed by atoms with van der Waals surface area (Å²) in [5.41, 5.74) is 2.01. The van der Waals surface area contributed by atoms with Crippen molar-refractivity contribution in [2.24, 2.45) is 10.6 Å². The molecule has 168 valence electrons. The second-order valence-electron chi connectivity index (χ2n) is 8.88. The zero-order valence-electron chi connectivity index (χ0n) is 17.9. The van der Waals surface area contributed by atoms with Crippen molar-refractivity contribution in [2.45, 2.75) is 19.3 Å². The predicted molar refractivity (Wildman–Crippen MR) is 123 cm³/mol. The first-order valence-corrected chi connectivity index (χ1v) is 12.6. The van der Waals surface area contributed by atoms with E-state index in [1.165, 1.54) is 0 Å². The molecule has 2 fully saturated rings. The lowest BCUT2D eigenvalue weighted by molar-refractivity contribution is 0.213. The molecular formula is C22H27N7O2S. The Balaban J connectivity index is 1.35. The molecule has 1 spiro atoms. The molecule has 0 aliphatic carbocycles. The van der Waals surface area contributed by atoms with Crippen LogP contribution in [-0.4, -0.2) is 71.7 Å². The molecule has 0 saturated carbocycles. The first-order valence-electron chi connectivity index (χ1n) is 10.9. The smallest absolute Gasteiger partial charge is 0.210 e. The average molecular weight is 454 g/mol. The number of hydrogen-bond acceptors (Lipinski definition) is 8. The van der Waals surface area contributed by atoms with Crippen LogP contribution in [0, 0.1) is 5.41 Å². The van der Waals surface area contributed by atoms with Gasteiger partial charge in [-0.1, -0.05) is 0 Å². The van der Waals surface area contributed by atoms with Crippen LogP contribution in [0.15, 0.2) is 43.0 Å². The van der Waals surface area contributed by atoms with Gasteiger partial charge in [-0.25, -0.2) is 23.5 Å². The first kappa shape index (κ1) is 21.2. The van der Waals surface area contributed by atoms with Crippen LogP contribution >= 0.6 is 0 Å². The Labute approximate surface area is 187 Å². The molecule has 0 radical (unpaired) electrons. The van der Waals surface area contributed by atoms with Crippen molar-refractivity contribution in [2.75, 3.05) is 43.4 Å². The highest BCUT2D eigenvalue weighted by atomic mass is 32.2. The molecule has 2 saturated heterocycles. The van der Waals surface area contributed by atoms with Gasteiger partial charge in [0.1, 0.15) is 5.82 Å². The Hall–Kier alpha value is -2.69. The molecular weight excluding hydrogens is 426 g/mol. The molecule has 5 heterocycles. The standard InChI is InChI=1S/C22H27N7O2S/c23-32(30,31)14-13-28-10-4-22(16-28)5-11-29(12-6-22)21-18-3-9-25-15-19(18)26-20(27-21)17-1-7-24-8-2-17/h1-3,7-9,15H,4-6,10-14,16H2,(H2,23,30,31). The van der Waals surface area contributed by atoms with Crippen molar-refractivity contribution in [1.82, 2.24) is 24.8 Å².